The first kappa shape index (κ1) is 17.0. The first-order chi connectivity index (χ1) is 10.8. The Morgan fingerprint density at radius 1 is 1.13 bits per heavy atom. The minimum Gasteiger partial charge on any atom is -0.370 e. The molecule has 23 heavy (non-hydrogen) atoms. The molecule has 0 aromatic heterocycles. The molecule has 0 fully saturated rings. The molecule has 1 aliphatic heterocycles. The van der Waals surface area contributed by atoms with Crippen LogP contribution in [0.25, 0.3) is 0 Å². The average Bonchev–Trinajstić information content (AvgIpc) is 2.70. The van der Waals surface area contributed by atoms with Crippen molar-refractivity contribution in [2.24, 2.45) is 10.7 Å². The third-order valence-electron chi connectivity index (χ3n) is 3.45. The maximum Gasteiger partial charge on any atom is 0.261 e. The standard InChI is InChI=1S/C17H24N4O2/c1-17(2,3)20-16(18)19-10-6-7-11-21-14(22)12-8-4-5-9-13(12)15(21)23/h4-5,8-9H,6-7,10-11H2,1-3H3,(H3,18,19,20). The van der Waals surface area contributed by atoms with Crippen LogP contribution >= 0.6 is 0 Å². The van der Waals surface area contributed by atoms with Crippen molar-refractivity contribution in [2.45, 2.75) is 39.2 Å². The molecule has 0 radical (unpaired) electrons. The van der Waals surface area contributed by atoms with Gasteiger partial charge in [-0.15, -0.1) is 0 Å². The number of fused-ring (bicyclic) bond motifs is 1. The van der Waals surface area contributed by atoms with Gasteiger partial charge < -0.3 is 11.1 Å². The number of rotatable bonds is 5. The number of nitrogens with two attached hydrogens (primary N) is 1. The number of hydrogen-bond acceptors (Lipinski definition) is 3. The molecule has 0 saturated carbocycles. The number of nitrogens with zero attached hydrogens (tertiary/aromatic N) is 2. The fourth-order valence-electron chi connectivity index (χ4n) is 2.45. The molecule has 6 heteroatoms. The Hall–Kier alpha value is -2.37. The number of guanidine groups is 1. The van der Waals surface area contributed by atoms with Crippen LogP contribution in [-0.2, 0) is 0 Å². The monoisotopic (exact) mass is 316 g/mol. The summed E-state index contributed by atoms with van der Waals surface area (Å²) in [6, 6.07) is 6.93. The lowest BCUT2D eigenvalue weighted by molar-refractivity contribution is 0.0652. The van der Waals surface area contributed by atoms with E-state index in [2.05, 4.69) is 10.3 Å². The van der Waals surface area contributed by atoms with Crippen LogP contribution in [0, 0.1) is 0 Å². The van der Waals surface area contributed by atoms with Crippen LogP contribution in [0.4, 0.5) is 0 Å². The molecule has 0 saturated heterocycles. The lowest BCUT2D eigenvalue weighted by Gasteiger charge is -2.21. The van der Waals surface area contributed by atoms with E-state index in [9.17, 15) is 9.59 Å². The maximum absolute atomic E-state index is 12.2. The van der Waals surface area contributed by atoms with Gasteiger partial charge in [-0.3, -0.25) is 19.5 Å². The fourth-order valence-corrected chi connectivity index (χ4v) is 2.45. The lowest BCUT2D eigenvalue weighted by Crippen LogP contribution is -2.45. The number of imide groups is 1. The predicted molar refractivity (Wildman–Crippen MR) is 90.4 cm³/mol. The Labute approximate surface area is 136 Å². The van der Waals surface area contributed by atoms with Gasteiger partial charge >= 0.3 is 0 Å². The second kappa shape index (κ2) is 6.81. The van der Waals surface area contributed by atoms with E-state index >= 15 is 0 Å². The molecule has 2 amide bonds. The Kier molecular flexibility index (Phi) is 5.03. The van der Waals surface area contributed by atoms with E-state index in [4.69, 9.17) is 5.73 Å². The summed E-state index contributed by atoms with van der Waals surface area (Å²) >= 11 is 0. The van der Waals surface area contributed by atoms with Gasteiger partial charge in [0.15, 0.2) is 5.96 Å². The van der Waals surface area contributed by atoms with Crippen molar-refractivity contribution >= 4 is 17.8 Å². The maximum atomic E-state index is 12.2. The lowest BCUT2D eigenvalue weighted by atomic mass is 10.1. The van der Waals surface area contributed by atoms with Gasteiger partial charge in [-0.05, 0) is 45.7 Å². The highest BCUT2D eigenvalue weighted by atomic mass is 16.2. The SMILES string of the molecule is CC(C)(C)NC(N)=NCCCCN1C(=O)c2ccccc2C1=O. The van der Waals surface area contributed by atoms with Crippen molar-refractivity contribution in [1.29, 1.82) is 0 Å². The Balaban J connectivity index is 1.79. The van der Waals surface area contributed by atoms with Crippen molar-refractivity contribution in [3.05, 3.63) is 35.4 Å². The average molecular weight is 316 g/mol. The summed E-state index contributed by atoms with van der Waals surface area (Å²) in [7, 11) is 0. The van der Waals surface area contributed by atoms with Crippen molar-refractivity contribution in [2.75, 3.05) is 13.1 Å². The highest BCUT2D eigenvalue weighted by Gasteiger charge is 2.34. The summed E-state index contributed by atoms with van der Waals surface area (Å²) in [6.45, 7) is 7.01. The summed E-state index contributed by atoms with van der Waals surface area (Å²) < 4.78 is 0. The second-order valence-corrected chi connectivity index (χ2v) is 6.66. The van der Waals surface area contributed by atoms with E-state index in [0.717, 1.165) is 6.42 Å². The summed E-state index contributed by atoms with van der Waals surface area (Å²) in [5, 5.41) is 3.09. The van der Waals surface area contributed by atoms with Crippen molar-refractivity contribution in [3.8, 4) is 0 Å². The molecule has 1 aromatic carbocycles. The van der Waals surface area contributed by atoms with Gasteiger partial charge in [0, 0.05) is 18.6 Å². The van der Waals surface area contributed by atoms with Crippen molar-refractivity contribution < 1.29 is 9.59 Å². The molecule has 1 aromatic rings. The molecule has 0 bridgehead atoms. The number of unbranched alkanes of at least 4 members (excludes halogenated alkanes) is 1. The molecule has 124 valence electrons. The predicted octanol–water partition coefficient (Wildman–Crippen LogP) is 1.77. The first-order valence-corrected chi connectivity index (χ1v) is 7.83. The van der Waals surface area contributed by atoms with Gasteiger partial charge in [0.1, 0.15) is 0 Å². The number of nitrogens with one attached hydrogen (secondary N) is 1. The highest BCUT2D eigenvalue weighted by Crippen LogP contribution is 2.22. The van der Waals surface area contributed by atoms with Crippen LogP contribution in [0.2, 0.25) is 0 Å². The number of aliphatic imine (C=N–C) groups is 1. The number of carbonyl (C=O) groups is 2. The number of amides is 2. The molecular weight excluding hydrogens is 292 g/mol. The van der Waals surface area contributed by atoms with E-state index in [1.54, 1.807) is 24.3 Å². The van der Waals surface area contributed by atoms with Crippen LogP contribution in [0.15, 0.2) is 29.3 Å². The van der Waals surface area contributed by atoms with Crippen LogP contribution in [-0.4, -0.2) is 41.3 Å². The van der Waals surface area contributed by atoms with Gasteiger partial charge in [0.2, 0.25) is 0 Å². The van der Waals surface area contributed by atoms with Crippen LogP contribution in [0.3, 0.4) is 0 Å². The summed E-state index contributed by atoms with van der Waals surface area (Å²) in [5.74, 6) is 0.00394. The zero-order valence-corrected chi connectivity index (χ0v) is 13.9. The fraction of sp³-hybridized carbons (Fsp3) is 0.471. The van der Waals surface area contributed by atoms with Gasteiger partial charge in [-0.25, -0.2) is 0 Å². The first-order valence-electron chi connectivity index (χ1n) is 7.83. The summed E-state index contributed by atoms with van der Waals surface area (Å²) in [4.78, 5) is 29.9. The zero-order valence-electron chi connectivity index (χ0n) is 13.9. The smallest absolute Gasteiger partial charge is 0.261 e. The normalized spacial score (nSPS) is 15.1. The Morgan fingerprint density at radius 2 is 1.70 bits per heavy atom. The minimum atomic E-state index is -0.206. The van der Waals surface area contributed by atoms with E-state index in [1.807, 2.05) is 20.8 Å². The molecule has 0 aliphatic carbocycles. The molecule has 0 unspecified atom stereocenters. The molecule has 1 heterocycles. The summed E-state index contributed by atoms with van der Waals surface area (Å²) in [5.41, 5.74) is 6.66. The van der Waals surface area contributed by atoms with Gasteiger partial charge in [0.25, 0.3) is 11.8 Å². The van der Waals surface area contributed by atoms with E-state index in [-0.39, 0.29) is 17.4 Å². The van der Waals surface area contributed by atoms with Crippen molar-refractivity contribution in [3.63, 3.8) is 0 Å². The van der Waals surface area contributed by atoms with Crippen LogP contribution in [0.1, 0.15) is 54.3 Å². The number of hydrogen-bond donors (Lipinski definition) is 2. The number of carbonyl (C=O) groups excluding carboxylic acids is 2. The van der Waals surface area contributed by atoms with Gasteiger partial charge in [-0.2, -0.15) is 0 Å². The highest BCUT2D eigenvalue weighted by molar-refractivity contribution is 6.21. The van der Waals surface area contributed by atoms with E-state index < -0.39 is 0 Å². The van der Waals surface area contributed by atoms with Crippen LogP contribution < -0.4 is 11.1 Å². The van der Waals surface area contributed by atoms with Crippen LogP contribution in [0.5, 0.6) is 0 Å². The molecule has 2 rings (SSSR count). The van der Waals surface area contributed by atoms with Crippen molar-refractivity contribution in [1.82, 2.24) is 10.2 Å². The van der Waals surface area contributed by atoms with Gasteiger partial charge in [0.05, 0.1) is 11.1 Å². The quantitative estimate of drug-likeness (QED) is 0.375. The van der Waals surface area contributed by atoms with Gasteiger partial charge in [-0.1, -0.05) is 12.1 Å². The third kappa shape index (κ3) is 4.31. The minimum absolute atomic E-state index is 0.117. The zero-order chi connectivity index (χ0) is 17.0. The molecule has 6 nitrogen and oxygen atoms in total. The van der Waals surface area contributed by atoms with E-state index in [1.165, 1.54) is 4.90 Å². The number of benzene rings is 1. The largest absolute Gasteiger partial charge is 0.370 e. The Morgan fingerprint density at radius 3 is 2.22 bits per heavy atom. The summed E-state index contributed by atoms with van der Waals surface area (Å²) in [6.07, 6.45) is 1.47. The topological polar surface area (TPSA) is 87.8 Å². The molecule has 3 N–H and O–H groups in total. The van der Waals surface area contributed by atoms with E-state index in [0.29, 0.717) is 36.6 Å². The third-order valence-corrected chi connectivity index (χ3v) is 3.45. The molecule has 1 aliphatic rings. The molecule has 0 atom stereocenters. The Bertz CT molecular complexity index is 597. The molecular formula is C17H24N4O2. The second-order valence-electron chi connectivity index (χ2n) is 6.66. The molecule has 0 spiro atoms.